The number of benzene rings is 1. The zero-order valence-corrected chi connectivity index (χ0v) is 13.8. The van der Waals surface area contributed by atoms with Crippen molar-refractivity contribution in [1.29, 1.82) is 0 Å². The lowest BCUT2D eigenvalue weighted by Crippen LogP contribution is -2.49. The van der Waals surface area contributed by atoms with Gasteiger partial charge in [0.15, 0.2) is 6.61 Å². The van der Waals surface area contributed by atoms with Crippen LogP contribution in [0.4, 0.5) is 13.6 Å². The largest absolute Gasteiger partial charge is 0.544 e. The summed E-state index contributed by atoms with van der Waals surface area (Å²) < 4.78 is 37.5. The van der Waals surface area contributed by atoms with Gasteiger partial charge < -0.3 is 14.5 Å². The number of hydrogen-bond donors (Lipinski definition) is 1. The second-order valence-corrected chi connectivity index (χ2v) is 10.1. The molecule has 0 spiro atoms. The third-order valence-corrected chi connectivity index (χ3v) is 3.57. The van der Waals surface area contributed by atoms with Crippen molar-refractivity contribution >= 4 is 26.8 Å². The van der Waals surface area contributed by atoms with Crippen molar-refractivity contribution < 1.29 is 22.7 Å². The van der Waals surface area contributed by atoms with Crippen molar-refractivity contribution in [3.63, 3.8) is 0 Å². The first-order chi connectivity index (χ1) is 9.17. The third kappa shape index (κ3) is 4.57. The first-order valence-corrected chi connectivity index (χ1v) is 9.68. The van der Waals surface area contributed by atoms with E-state index in [-0.39, 0.29) is 12.4 Å². The molecule has 1 amide bonds. The molecule has 1 heterocycles. The fourth-order valence-electron chi connectivity index (χ4n) is 1.92. The quantitative estimate of drug-likeness (QED) is 0.855. The Kier molecular flexibility index (Phi) is 5.22. The second kappa shape index (κ2) is 6.19. The number of alkyl carbamates (subject to hydrolysis) is 1. The smallest absolute Gasteiger partial charge is 0.408 e. The summed E-state index contributed by atoms with van der Waals surface area (Å²) in [6.45, 7) is 5.20. The van der Waals surface area contributed by atoms with E-state index in [0.29, 0.717) is 11.3 Å². The van der Waals surface area contributed by atoms with Crippen molar-refractivity contribution in [2.45, 2.75) is 31.6 Å². The number of nitrogens with one attached hydrogen (secondary N) is 1. The lowest BCUT2D eigenvalue weighted by atomic mass is 10.00. The zero-order valence-electron chi connectivity index (χ0n) is 12.0. The van der Waals surface area contributed by atoms with Gasteiger partial charge in [0.05, 0.1) is 0 Å². The van der Waals surface area contributed by atoms with Crippen molar-refractivity contribution in [1.82, 2.24) is 5.32 Å². The molecule has 0 saturated carbocycles. The molecule has 4 nitrogen and oxygen atoms in total. The van der Waals surface area contributed by atoms with E-state index in [9.17, 15) is 13.6 Å². The Morgan fingerprint density at radius 3 is 2.38 bits per heavy atom. The van der Waals surface area contributed by atoms with Crippen LogP contribution in [0.15, 0.2) is 24.3 Å². The van der Waals surface area contributed by atoms with E-state index in [1.165, 1.54) is 0 Å². The van der Waals surface area contributed by atoms with Gasteiger partial charge in [0, 0.05) is 0 Å². The highest BCUT2D eigenvalue weighted by molar-refractivity contribution is 6.70. The molecule has 1 aliphatic heterocycles. The number of amides is 1. The van der Waals surface area contributed by atoms with Gasteiger partial charge in [0.2, 0.25) is 8.32 Å². The van der Waals surface area contributed by atoms with E-state index in [1.807, 2.05) is 19.6 Å². The molecule has 2 rings (SSSR count). The van der Waals surface area contributed by atoms with E-state index in [0.717, 1.165) is 0 Å². The SMILES string of the molecule is C[Si](C)(C)Oc1ccc([C@H]2NC(=O)OCC2(F)F)cc1.Cl. The van der Waals surface area contributed by atoms with Crippen LogP contribution >= 0.6 is 12.4 Å². The first kappa shape index (κ1) is 17.7. The van der Waals surface area contributed by atoms with Crippen molar-refractivity contribution in [2.24, 2.45) is 0 Å². The molecule has 0 unspecified atom stereocenters. The molecular weight excluding hydrogens is 320 g/mol. The number of rotatable bonds is 3. The molecule has 0 aliphatic carbocycles. The van der Waals surface area contributed by atoms with Gasteiger partial charge in [0.1, 0.15) is 11.8 Å². The van der Waals surface area contributed by atoms with Crippen LogP contribution in [-0.4, -0.2) is 26.9 Å². The highest BCUT2D eigenvalue weighted by atomic mass is 35.5. The van der Waals surface area contributed by atoms with Crippen LogP contribution in [0.3, 0.4) is 0 Å². The molecule has 8 heteroatoms. The Morgan fingerprint density at radius 2 is 1.86 bits per heavy atom. The molecule has 0 radical (unpaired) electrons. The molecule has 0 aromatic heterocycles. The van der Waals surface area contributed by atoms with Gasteiger partial charge in [-0.2, -0.15) is 0 Å². The summed E-state index contributed by atoms with van der Waals surface area (Å²) >= 11 is 0. The number of ether oxygens (including phenoxy) is 1. The number of hydrogen-bond acceptors (Lipinski definition) is 3. The maximum Gasteiger partial charge on any atom is 0.408 e. The van der Waals surface area contributed by atoms with Gasteiger partial charge in [-0.25, -0.2) is 13.6 Å². The molecule has 1 saturated heterocycles. The van der Waals surface area contributed by atoms with E-state index >= 15 is 0 Å². The lowest BCUT2D eigenvalue weighted by molar-refractivity contribution is -0.104. The normalized spacial score (nSPS) is 20.8. The van der Waals surface area contributed by atoms with Crippen molar-refractivity contribution in [3.05, 3.63) is 29.8 Å². The molecule has 21 heavy (non-hydrogen) atoms. The summed E-state index contributed by atoms with van der Waals surface area (Å²) in [6, 6.07) is 5.00. The summed E-state index contributed by atoms with van der Waals surface area (Å²) in [7, 11) is -1.73. The predicted molar refractivity (Wildman–Crippen MR) is 79.8 cm³/mol. The summed E-state index contributed by atoms with van der Waals surface area (Å²) in [5.74, 6) is -2.48. The van der Waals surface area contributed by atoms with Crippen LogP contribution in [0.25, 0.3) is 0 Å². The van der Waals surface area contributed by atoms with E-state index < -0.39 is 33.0 Å². The van der Waals surface area contributed by atoms with Gasteiger partial charge in [-0.05, 0) is 37.3 Å². The minimum Gasteiger partial charge on any atom is -0.544 e. The first-order valence-electron chi connectivity index (χ1n) is 6.27. The number of alkyl halides is 2. The molecular formula is C13H18ClF2NO3Si. The van der Waals surface area contributed by atoms with Crippen molar-refractivity contribution in [2.75, 3.05) is 6.61 Å². The fraction of sp³-hybridized carbons (Fsp3) is 0.462. The van der Waals surface area contributed by atoms with Crippen LogP contribution < -0.4 is 9.74 Å². The Balaban J connectivity index is 0.00000220. The molecule has 1 fully saturated rings. The van der Waals surface area contributed by atoms with Crippen LogP contribution in [0.5, 0.6) is 5.75 Å². The van der Waals surface area contributed by atoms with Crippen LogP contribution in [0, 0.1) is 0 Å². The third-order valence-electron chi connectivity index (χ3n) is 2.72. The van der Waals surface area contributed by atoms with Gasteiger partial charge in [-0.1, -0.05) is 12.1 Å². The van der Waals surface area contributed by atoms with Gasteiger partial charge >= 0.3 is 12.0 Å². The second-order valence-electron chi connectivity index (χ2n) is 5.70. The zero-order chi connectivity index (χ0) is 15.0. The average molecular weight is 338 g/mol. The molecule has 1 N–H and O–H groups in total. The van der Waals surface area contributed by atoms with Crippen LogP contribution in [0.1, 0.15) is 11.6 Å². The number of carbonyl (C=O) groups excluding carboxylic acids is 1. The summed E-state index contributed by atoms with van der Waals surface area (Å²) in [5, 5.41) is 2.15. The van der Waals surface area contributed by atoms with E-state index in [1.54, 1.807) is 24.3 Å². The van der Waals surface area contributed by atoms with Gasteiger partial charge in [-0.3, -0.25) is 0 Å². The summed E-state index contributed by atoms with van der Waals surface area (Å²) in [6.07, 6.45) is -0.830. The molecule has 0 bridgehead atoms. The molecule has 1 aromatic carbocycles. The standard InChI is InChI=1S/C13H17F2NO3Si.ClH/c1-20(2,3)19-10-6-4-9(5-7-10)11-13(14,15)8-18-12(17)16-11;/h4-7,11H,8H2,1-3H3,(H,16,17);1H/t11-;/m1./s1. The minimum absolute atomic E-state index is 0. The number of carbonyl (C=O) groups is 1. The van der Waals surface area contributed by atoms with Crippen LogP contribution in [-0.2, 0) is 4.74 Å². The maximum absolute atomic E-state index is 13.7. The molecule has 1 atom stereocenters. The van der Waals surface area contributed by atoms with Gasteiger partial charge in [0.25, 0.3) is 0 Å². The number of cyclic esters (lactones) is 1. The van der Waals surface area contributed by atoms with Gasteiger partial charge in [-0.15, -0.1) is 12.4 Å². The molecule has 1 aromatic rings. The van der Waals surface area contributed by atoms with Crippen molar-refractivity contribution in [3.8, 4) is 5.75 Å². The molecule has 1 aliphatic rings. The minimum atomic E-state index is -3.13. The summed E-state index contributed by atoms with van der Waals surface area (Å²) in [5.41, 5.74) is 0.328. The van der Waals surface area contributed by atoms with E-state index in [2.05, 4.69) is 10.1 Å². The Labute approximate surface area is 129 Å². The fourth-order valence-corrected chi connectivity index (χ4v) is 2.76. The average Bonchev–Trinajstić information content (AvgIpc) is 2.32. The monoisotopic (exact) mass is 337 g/mol. The lowest BCUT2D eigenvalue weighted by Gasteiger charge is -2.32. The van der Waals surface area contributed by atoms with Crippen LogP contribution in [0.2, 0.25) is 19.6 Å². The van der Waals surface area contributed by atoms with E-state index in [4.69, 9.17) is 4.43 Å². The highest BCUT2D eigenvalue weighted by Gasteiger charge is 2.46. The topological polar surface area (TPSA) is 47.6 Å². The maximum atomic E-state index is 13.7. The summed E-state index contributed by atoms with van der Waals surface area (Å²) in [4.78, 5) is 11.1. The number of halogens is 3. The highest BCUT2D eigenvalue weighted by Crippen LogP contribution is 2.35. The molecule has 118 valence electrons. The Bertz CT molecular complexity index is 505. The Hall–Kier alpha value is -1.34. The predicted octanol–water partition coefficient (Wildman–Crippen LogP) is 3.74. The Morgan fingerprint density at radius 1 is 1.29 bits per heavy atom.